The van der Waals surface area contributed by atoms with Gasteiger partial charge in [0.05, 0.1) is 18.6 Å². The number of aliphatic hydroxyl groups excluding tert-OH is 2. The molecule has 1 heterocycles. The Hall–Kier alpha value is -0.610. The molecule has 1 rings (SSSR count). The molecule has 0 saturated carbocycles. The van der Waals surface area contributed by atoms with Gasteiger partial charge in [0.2, 0.25) is 0 Å². The number of esters is 1. The Morgan fingerprint density at radius 2 is 1.84 bits per heavy atom. The second-order valence-electron chi connectivity index (χ2n) is 6.04. The van der Waals surface area contributed by atoms with Crippen LogP contribution in [-0.2, 0) is 9.53 Å². The maximum Gasteiger partial charge on any atom is 0.312 e. The van der Waals surface area contributed by atoms with E-state index in [2.05, 4.69) is 13.8 Å². The average molecular weight is 272 g/mol. The van der Waals surface area contributed by atoms with Crippen molar-refractivity contribution in [3.63, 3.8) is 0 Å². The third-order valence-corrected chi connectivity index (χ3v) is 3.80. The number of cyclic esters (lactones) is 1. The first-order chi connectivity index (χ1) is 9.04. The maximum atomic E-state index is 11.5. The summed E-state index contributed by atoms with van der Waals surface area (Å²) in [6, 6.07) is 0. The Kier molecular flexibility index (Phi) is 7.39. The summed E-state index contributed by atoms with van der Waals surface area (Å²) in [7, 11) is 0. The van der Waals surface area contributed by atoms with Crippen molar-refractivity contribution in [2.45, 2.75) is 71.0 Å². The molecule has 2 N–H and O–H groups in total. The molecule has 4 nitrogen and oxygen atoms in total. The van der Waals surface area contributed by atoms with Crippen molar-refractivity contribution in [3.8, 4) is 0 Å². The first-order valence-corrected chi connectivity index (χ1v) is 7.54. The molecule has 3 atom stereocenters. The molecule has 0 aromatic heterocycles. The van der Waals surface area contributed by atoms with Gasteiger partial charge in [0.15, 0.2) is 0 Å². The molecule has 1 aliphatic heterocycles. The third-order valence-electron chi connectivity index (χ3n) is 3.80. The molecule has 0 aromatic rings. The van der Waals surface area contributed by atoms with Crippen LogP contribution < -0.4 is 0 Å². The zero-order chi connectivity index (χ0) is 14.3. The van der Waals surface area contributed by atoms with Crippen molar-refractivity contribution in [3.05, 3.63) is 0 Å². The molecule has 0 amide bonds. The maximum absolute atomic E-state index is 11.5. The first-order valence-electron chi connectivity index (χ1n) is 7.54. The molecule has 1 fully saturated rings. The number of unbranched alkanes of at least 4 members (excludes halogenated alkanes) is 3. The quantitative estimate of drug-likeness (QED) is 0.499. The lowest BCUT2D eigenvalue weighted by Crippen LogP contribution is -2.24. The molecule has 0 bridgehead atoms. The van der Waals surface area contributed by atoms with Crippen LogP contribution in [0.1, 0.15) is 58.8 Å². The predicted octanol–water partition coefficient (Wildman–Crippen LogP) is 2.27. The van der Waals surface area contributed by atoms with Crippen LogP contribution in [0.4, 0.5) is 0 Å². The van der Waals surface area contributed by atoms with Gasteiger partial charge in [0, 0.05) is 6.42 Å². The zero-order valence-corrected chi connectivity index (χ0v) is 12.2. The van der Waals surface area contributed by atoms with E-state index in [9.17, 15) is 9.90 Å². The van der Waals surface area contributed by atoms with E-state index in [0.29, 0.717) is 12.8 Å². The first kappa shape index (κ1) is 16.4. The number of rotatable bonds is 9. The van der Waals surface area contributed by atoms with Crippen LogP contribution in [0.5, 0.6) is 0 Å². The highest BCUT2D eigenvalue weighted by Crippen LogP contribution is 2.26. The number of aliphatic hydroxyl groups is 2. The molecule has 19 heavy (non-hydrogen) atoms. The van der Waals surface area contributed by atoms with Crippen LogP contribution >= 0.6 is 0 Å². The second kappa shape index (κ2) is 8.54. The Morgan fingerprint density at radius 1 is 1.21 bits per heavy atom. The van der Waals surface area contributed by atoms with Crippen molar-refractivity contribution >= 4 is 5.97 Å². The van der Waals surface area contributed by atoms with E-state index in [1.165, 1.54) is 19.3 Å². The minimum atomic E-state index is -0.617. The highest BCUT2D eigenvalue weighted by atomic mass is 16.6. The minimum absolute atomic E-state index is 0.149. The minimum Gasteiger partial charge on any atom is -0.460 e. The Labute approximate surface area is 116 Å². The lowest BCUT2D eigenvalue weighted by Gasteiger charge is -2.14. The highest BCUT2D eigenvalue weighted by Gasteiger charge is 2.38. The topological polar surface area (TPSA) is 66.8 Å². The van der Waals surface area contributed by atoms with Gasteiger partial charge >= 0.3 is 5.97 Å². The molecule has 0 spiro atoms. The van der Waals surface area contributed by atoms with Crippen molar-refractivity contribution in [2.75, 3.05) is 6.61 Å². The SMILES string of the molecule is CC(C)CCCCCC[C@H](O)[C@@H]1C[C@H](CO)OC1=O. The summed E-state index contributed by atoms with van der Waals surface area (Å²) in [4.78, 5) is 11.5. The van der Waals surface area contributed by atoms with Crippen LogP contribution in [0.15, 0.2) is 0 Å². The van der Waals surface area contributed by atoms with Crippen LogP contribution in [0.3, 0.4) is 0 Å². The van der Waals surface area contributed by atoms with Crippen LogP contribution in [0.25, 0.3) is 0 Å². The molecule has 0 aliphatic carbocycles. The molecule has 4 heteroatoms. The van der Waals surface area contributed by atoms with E-state index in [1.54, 1.807) is 0 Å². The van der Waals surface area contributed by atoms with Gasteiger partial charge in [0.1, 0.15) is 6.10 Å². The zero-order valence-electron chi connectivity index (χ0n) is 12.2. The lowest BCUT2D eigenvalue weighted by molar-refractivity contribution is -0.147. The van der Waals surface area contributed by atoms with Crippen molar-refractivity contribution in [1.29, 1.82) is 0 Å². The van der Waals surface area contributed by atoms with Crippen molar-refractivity contribution in [2.24, 2.45) is 11.8 Å². The summed E-state index contributed by atoms with van der Waals surface area (Å²) in [5, 5.41) is 18.9. The number of ether oxygens (including phenoxy) is 1. The molecule has 112 valence electrons. The fraction of sp³-hybridized carbons (Fsp3) is 0.933. The van der Waals surface area contributed by atoms with Gasteiger partial charge < -0.3 is 14.9 Å². The van der Waals surface area contributed by atoms with E-state index in [1.807, 2.05) is 0 Å². The van der Waals surface area contributed by atoms with E-state index >= 15 is 0 Å². The number of hydrogen-bond acceptors (Lipinski definition) is 4. The fourth-order valence-corrected chi connectivity index (χ4v) is 2.57. The molecule has 1 saturated heterocycles. The summed E-state index contributed by atoms with van der Waals surface area (Å²) < 4.78 is 4.97. The van der Waals surface area contributed by atoms with Gasteiger partial charge in [-0.15, -0.1) is 0 Å². The van der Waals surface area contributed by atoms with E-state index in [4.69, 9.17) is 9.84 Å². The van der Waals surface area contributed by atoms with Gasteiger partial charge in [-0.2, -0.15) is 0 Å². The van der Waals surface area contributed by atoms with E-state index < -0.39 is 18.1 Å². The van der Waals surface area contributed by atoms with E-state index in [-0.39, 0.29) is 12.6 Å². The lowest BCUT2D eigenvalue weighted by atomic mass is 9.94. The molecular formula is C15H28O4. The van der Waals surface area contributed by atoms with Gasteiger partial charge in [0.25, 0.3) is 0 Å². The summed E-state index contributed by atoms with van der Waals surface area (Å²) in [6.07, 6.45) is 5.82. The standard InChI is InChI=1S/C15H28O4/c1-11(2)7-5-3-4-6-8-14(17)13-9-12(10-16)19-15(13)18/h11-14,16-17H,3-10H2,1-2H3/t12-,13+,14+/m1/s1. The summed E-state index contributed by atoms with van der Waals surface area (Å²) >= 11 is 0. The summed E-state index contributed by atoms with van der Waals surface area (Å²) in [5.41, 5.74) is 0. The van der Waals surface area contributed by atoms with Gasteiger partial charge in [-0.05, 0) is 12.3 Å². The summed E-state index contributed by atoms with van der Waals surface area (Å²) in [6.45, 7) is 4.31. The van der Waals surface area contributed by atoms with Gasteiger partial charge in [-0.1, -0.05) is 46.0 Å². The van der Waals surface area contributed by atoms with E-state index in [0.717, 1.165) is 18.8 Å². The Balaban J connectivity index is 2.11. The molecule has 0 aromatic carbocycles. The highest BCUT2D eigenvalue weighted by molar-refractivity contribution is 5.75. The second-order valence-corrected chi connectivity index (χ2v) is 6.04. The predicted molar refractivity (Wildman–Crippen MR) is 73.6 cm³/mol. The number of hydrogen-bond donors (Lipinski definition) is 2. The summed E-state index contributed by atoms with van der Waals surface area (Å²) in [5.74, 6) is -0.0339. The Morgan fingerprint density at radius 3 is 2.37 bits per heavy atom. The largest absolute Gasteiger partial charge is 0.460 e. The van der Waals surface area contributed by atoms with Crippen LogP contribution in [0, 0.1) is 11.8 Å². The molecule has 1 aliphatic rings. The number of carbonyl (C=O) groups excluding carboxylic acids is 1. The molecule has 0 unspecified atom stereocenters. The van der Waals surface area contributed by atoms with Crippen LogP contribution in [-0.4, -0.2) is 35.0 Å². The fourth-order valence-electron chi connectivity index (χ4n) is 2.57. The number of carbonyl (C=O) groups is 1. The molecule has 0 radical (unpaired) electrons. The van der Waals surface area contributed by atoms with Gasteiger partial charge in [-0.3, -0.25) is 4.79 Å². The average Bonchev–Trinajstić information content (AvgIpc) is 2.74. The Bertz CT molecular complexity index is 265. The molecular weight excluding hydrogens is 244 g/mol. The van der Waals surface area contributed by atoms with Crippen LogP contribution in [0.2, 0.25) is 0 Å². The smallest absolute Gasteiger partial charge is 0.312 e. The van der Waals surface area contributed by atoms with Crippen molar-refractivity contribution < 1.29 is 19.7 Å². The third kappa shape index (κ3) is 5.91. The van der Waals surface area contributed by atoms with Gasteiger partial charge in [-0.25, -0.2) is 0 Å². The monoisotopic (exact) mass is 272 g/mol. The van der Waals surface area contributed by atoms with Crippen molar-refractivity contribution in [1.82, 2.24) is 0 Å². The normalized spacial score (nSPS) is 24.8.